The van der Waals surface area contributed by atoms with Crippen molar-refractivity contribution < 1.29 is 14.3 Å². The molecule has 6 nitrogen and oxygen atoms in total. The largest absolute Gasteiger partial charge is 0.486 e. The fraction of sp³-hybridized carbons (Fsp3) is 0.476. The molecule has 0 N–H and O–H groups in total. The average molecular weight is 432 g/mol. The molecule has 4 aliphatic rings. The van der Waals surface area contributed by atoms with Crippen molar-refractivity contribution in [3.05, 3.63) is 39.4 Å². The standard InChI is InChI=1S/C21H22ClN3O3S/c1-13-8-18-15(10-16(13)22)17(26)11-21(28-18)2-5-24(6-3-21)19(27)9-14-12-29-20-23-4-7-25(14)20/h8,10,12H,2-7,9,11H2,1H3. The van der Waals surface area contributed by atoms with Crippen molar-refractivity contribution in [3.63, 3.8) is 0 Å². The van der Waals surface area contributed by atoms with Crippen LogP contribution in [0.2, 0.25) is 5.02 Å². The summed E-state index contributed by atoms with van der Waals surface area (Å²) in [5, 5.41) is 3.63. The molecule has 1 saturated heterocycles. The number of amidine groups is 1. The number of piperidine rings is 1. The Bertz CT molecular complexity index is 966. The Balaban J connectivity index is 1.24. The van der Waals surface area contributed by atoms with Crippen LogP contribution >= 0.6 is 23.4 Å². The molecule has 1 amide bonds. The molecule has 0 radical (unpaired) electrons. The quantitative estimate of drug-likeness (QED) is 0.715. The maximum atomic E-state index is 12.8. The molecule has 29 heavy (non-hydrogen) atoms. The number of carbonyl (C=O) groups is 2. The van der Waals surface area contributed by atoms with Crippen LogP contribution in [0.1, 0.15) is 41.6 Å². The first-order chi connectivity index (χ1) is 13.9. The van der Waals surface area contributed by atoms with Crippen LogP contribution in [0.3, 0.4) is 0 Å². The summed E-state index contributed by atoms with van der Waals surface area (Å²) in [6, 6.07) is 3.57. The summed E-state index contributed by atoms with van der Waals surface area (Å²) in [6.07, 6.45) is 2.07. The van der Waals surface area contributed by atoms with Crippen LogP contribution in [0, 0.1) is 6.92 Å². The van der Waals surface area contributed by atoms with Gasteiger partial charge >= 0.3 is 0 Å². The van der Waals surface area contributed by atoms with Gasteiger partial charge in [0.15, 0.2) is 11.0 Å². The first-order valence-electron chi connectivity index (χ1n) is 9.92. The molecule has 1 aromatic rings. The van der Waals surface area contributed by atoms with Gasteiger partial charge < -0.3 is 14.5 Å². The van der Waals surface area contributed by atoms with Crippen LogP contribution in [0.15, 0.2) is 28.2 Å². The Morgan fingerprint density at radius 3 is 2.90 bits per heavy atom. The summed E-state index contributed by atoms with van der Waals surface area (Å²) in [4.78, 5) is 34.0. The number of fused-ring (bicyclic) bond motifs is 2. The van der Waals surface area contributed by atoms with E-state index in [1.54, 1.807) is 17.8 Å². The fourth-order valence-corrected chi connectivity index (χ4v) is 5.56. The number of thioether (sulfide) groups is 1. The van der Waals surface area contributed by atoms with Gasteiger partial charge in [-0.15, -0.1) is 0 Å². The molecule has 0 unspecified atom stereocenters. The Morgan fingerprint density at radius 2 is 2.10 bits per heavy atom. The molecule has 1 spiro atoms. The number of benzene rings is 1. The lowest BCUT2D eigenvalue weighted by Gasteiger charge is -2.44. The molecular formula is C21H22ClN3O3S. The molecule has 4 aliphatic heterocycles. The lowest BCUT2D eigenvalue weighted by molar-refractivity contribution is -0.134. The number of carbonyl (C=O) groups excluding carboxylic acids is 2. The smallest absolute Gasteiger partial charge is 0.228 e. The molecule has 1 aromatic carbocycles. The van der Waals surface area contributed by atoms with Gasteiger partial charge in [0.25, 0.3) is 0 Å². The van der Waals surface area contributed by atoms with E-state index in [4.69, 9.17) is 16.3 Å². The van der Waals surface area contributed by atoms with Crippen LogP contribution < -0.4 is 4.74 Å². The molecule has 0 bridgehead atoms. The van der Waals surface area contributed by atoms with Crippen LogP contribution in [-0.2, 0) is 4.79 Å². The minimum atomic E-state index is -0.515. The summed E-state index contributed by atoms with van der Waals surface area (Å²) in [5.41, 5.74) is 1.99. The molecule has 5 rings (SSSR count). The van der Waals surface area contributed by atoms with Gasteiger partial charge in [-0.3, -0.25) is 14.6 Å². The first kappa shape index (κ1) is 19.0. The molecule has 1 fully saturated rings. The number of aryl methyl sites for hydroxylation is 1. The van der Waals surface area contributed by atoms with E-state index in [2.05, 4.69) is 9.89 Å². The van der Waals surface area contributed by atoms with Crippen LogP contribution in [0.25, 0.3) is 0 Å². The van der Waals surface area contributed by atoms with E-state index in [-0.39, 0.29) is 11.7 Å². The second-order valence-electron chi connectivity index (χ2n) is 8.08. The molecule has 0 aromatic heterocycles. The van der Waals surface area contributed by atoms with E-state index in [9.17, 15) is 9.59 Å². The van der Waals surface area contributed by atoms with E-state index >= 15 is 0 Å². The van der Waals surface area contributed by atoms with Gasteiger partial charge in [0, 0.05) is 43.2 Å². The predicted octanol–water partition coefficient (Wildman–Crippen LogP) is 3.62. The average Bonchev–Trinajstić information content (AvgIpc) is 3.29. The lowest BCUT2D eigenvalue weighted by atomic mass is 9.82. The SMILES string of the molecule is Cc1cc2c(cc1Cl)C(=O)CC1(CCN(C(=O)CC3=CSC4=NCCN34)CC1)O2. The van der Waals surface area contributed by atoms with E-state index in [0.717, 1.165) is 29.5 Å². The van der Waals surface area contributed by atoms with Gasteiger partial charge in [0.05, 0.1) is 24.9 Å². The summed E-state index contributed by atoms with van der Waals surface area (Å²) < 4.78 is 6.33. The van der Waals surface area contributed by atoms with Crippen molar-refractivity contribution in [3.8, 4) is 5.75 Å². The second-order valence-corrected chi connectivity index (χ2v) is 9.33. The van der Waals surface area contributed by atoms with Gasteiger partial charge in [-0.25, -0.2) is 0 Å². The Hall–Kier alpha value is -1.99. The van der Waals surface area contributed by atoms with E-state index < -0.39 is 5.60 Å². The zero-order valence-corrected chi connectivity index (χ0v) is 17.8. The Morgan fingerprint density at radius 1 is 1.31 bits per heavy atom. The van der Waals surface area contributed by atoms with Gasteiger partial charge in [-0.2, -0.15) is 0 Å². The van der Waals surface area contributed by atoms with Gasteiger partial charge in [-0.05, 0) is 30.0 Å². The summed E-state index contributed by atoms with van der Waals surface area (Å²) in [6.45, 7) is 4.79. The normalized spacial score (nSPS) is 22.2. The highest BCUT2D eigenvalue weighted by atomic mass is 35.5. The summed E-state index contributed by atoms with van der Waals surface area (Å²) >= 11 is 7.78. The fourth-order valence-electron chi connectivity index (χ4n) is 4.44. The number of halogens is 1. The van der Waals surface area contributed by atoms with E-state index in [1.165, 1.54) is 0 Å². The van der Waals surface area contributed by atoms with Crippen molar-refractivity contribution in [2.45, 2.75) is 38.2 Å². The number of Topliss-reactive ketones (excluding diaryl/α,β-unsaturated/α-hetero) is 1. The number of ketones is 1. The minimum absolute atomic E-state index is 0.0712. The molecule has 0 atom stereocenters. The van der Waals surface area contributed by atoms with Gasteiger partial charge in [0.2, 0.25) is 5.91 Å². The Labute approximate surface area is 178 Å². The monoisotopic (exact) mass is 431 g/mol. The van der Waals surface area contributed by atoms with Crippen LogP contribution in [0.4, 0.5) is 0 Å². The van der Waals surface area contributed by atoms with Crippen LogP contribution in [-0.4, -0.2) is 58.4 Å². The van der Waals surface area contributed by atoms with Crippen molar-refractivity contribution >= 4 is 40.2 Å². The highest BCUT2D eigenvalue weighted by Crippen LogP contribution is 2.41. The molecule has 4 heterocycles. The molecule has 0 saturated carbocycles. The summed E-state index contributed by atoms with van der Waals surface area (Å²) in [5.74, 6) is 0.823. The third-order valence-electron chi connectivity index (χ3n) is 6.18. The first-order valence-corrected chi connectivity index (χ1v) is 11.2. The summed E-state index contributed by atoms with van der Waals surface area (Å²) in [7, 11) is 0. The number of nitrogens with zero attached hydrogens (tertiary/aromatic N) is 3. The number of likely N-dealkylation sites (tertiary alicyclic amines) is 1. The van der Waals surface area contributed by atoms with Crippen molar-refractivity contribution in [2.75, 3.05) is 26.2 Å². The zero-order valence-electron chi connectivity index (χ0n) is 16.2. The highest BCUT2D eigenvalue weighted by Gasteiger charge is 2.44. The van der Waals surface area contributed by atoms with Crippen molar-refractivity contribution in [1.82, 2.24) is 9.80 Å². The molecule has 0 aliphatic carbocycles. The topological polar surface area (TPSA) is 62.2 Å². The second kappa shape index (κ2) is 7.06. The zero-order chi connectivity index (χ0) is 20.2. The number of amides is 1. The Kier molecular flexibility index (Phi) is 4.62. The highest BCUT2D eigenvalue weighted by molar-refractivity contribution is 8.16. The van der Waals surface area contributed by atoms with Gasteiger partial charge in [-0.1, -0.05) is 23.4 Å². The van der Waals surface area contributed by atoms with Crippen molar-refractivity contribution in [2.24, 2.45) is 4.99 Å². The number of aliphatic imine (C=N–C) groups is 1. The number of rotatable bonds is 2. The minimum Gasteiger partial charge on any atom is -0.486 e. The number of hydrogen-bond acceptors (Lipinski definition) is 6. The third kappa shape index (κ3) is 3.34. The third-order valence-corrected chi connectivity index (χ3v) is 7.54. The maximum absolute atomic E-state index is 12.8. The lowest BCUT2D eigenvalue weighted by Crippen LogP contribution is -2.52. The number of hydrogen-bond donors (Lipinski definition) is 0. The predicted molar refractivity (Wildman–Crippen MR) is 114 cm³/mol. The van der Waals surface area contributed by atoms with Crippen LogP contribution in [0.5, 0.6) is 5.75 Å². The van der Waals surface area contributed by atoms with E-state index in [1.807, 2.05) is 23.3 Å². The van der Waals surface area contributed by atoms with Crippen molar-refractivity contribution in [1.29, 1.82) is 0 Å². The molecule has 8 heteroatoms. The van der Waals surface area contributed by atoms with E-state index in [0.29, 0.717) is 55.1 Å². The maximum Gasteiger partial charge on any atom is 0.228 e. The number of ether oxygens (including phenoxy) is 1. The molecular weight excluding hydrogens is 410 g/mol. The van der Waals surface area contributed by atoms with Gasteiger partial charge in [0.1, 0.15) is 11.4 Å². The molecule has 152 valence electrons.